The van der Waals surface area contributed by atoms with E-state index in [-0.39, 0.29) is 35.8 Å². The number of hydrogen-bond donors (Lipinski definition) is 2. The van der Waals surface area contributed by atoms with Crippen molar-refractivity contribution in [2.45, 2.75) is 30.9 Å². The summed E-state index contributed by atoms with van der Waals surface area (Å²) >= 11 is 0. The van der Waals surface area contributed by atoms with E-state index in [4.69, 9.17) is 4.74 Å². The molecule has 0 radical (unpaired) electrons. The lowest BCUT2D eigenvalue weighted by atomic mass is 10.0. The van der Waals surface area contributed by atoms with Gasteiger partial charge in [-0.05, 0) is 44.3 Å². The van der Waals surface area contributed by atoms with Crippen LogP contribution in [0.5, 0.6) is 5.75 Å². The Bertz CT molecular complexity index is 1030. The number of aliphatic hydroxyl groups is 1. The fourth-order valence-electron chi connectivity index (χ4n) is 3.41. The van der Waals surface area contributed by atoms with Crippen LogP contribution in [0.3, 0.4) is 0 Å². The Balaban J connectivity index is 2.07. The molecule has 0 saturated carbocycles. The monoisotopic (exact) mass is 428 g/mol. The molecule has 0 aliphatic carbocycles. The minimum absolute atomic E-state index is 0.0755. The summed E-state index contributed by atoms with van der Waals surface area (Å²) in [5.41, 5.74) is 1.55. The normalized spacial score (nSPS) is 21.9. The molecule has 0 unspecified atom stereocenters. The quantitative estimate of drug-likeness (QED) is 0.729. The van der Waals surface area contributed by atoms with E-state index in [1.807, 2.05) is 44.3 Å². The van der Waals surface area contributed by atoms with Gasteiger partial charge < -0.3 is 15.2 Å². The first-order valence-electron chi connectivity index (χ1n) is 10.0. The van der Waals surface area contributed by atoms with Crippen LogP contribution in [0.4, 0.5) is 0 Å². The van der Waals surface area contributed by atoms with Crippen LogP contribution in [0.15, 0.2) is 53.4 Å². The van der Waals surface area contributed by atoms with Gasteiger partial charge in [0.05, 0.1) is 6.61 Å². The van der Waals surface area contributed by atoms with E-state index in [9.17, 15) is 13.5 Å². The van der Waals surface area contributed by atoms with E-state index in [2.05, 4.69) is 17.2 Å². The van der Waals surface area contributed by atoms with Gasteiger partial charge in [0.1, 0.15) is 16.7 Å². The average Bonchev–Trinajstić information content (AvgIpc) is 2.75. The number of likely N-dealkylation sites (N-methyl/N-ethyl adjacent to an activating group) is 1. The Morgan fingerprint density at radius 1 is 1.20 bits per heavy atom. The van der Waals surface area contributed by atoms with Crippen molar-refractivity contribution in [3.8, 4) is 17.6 Å². The highest BCUT2D eigenvalue weighted by Gasteiger charge is 2.37. The number of hydrogen-bond acceptors (Lipinski definition) is 5. The van der Waals surface area contributed by atoms with Gasteiger partial charge in [0, 0.05) is 36.2 Å². The second kappa shape index (κ2) is 9.63. The summed E-state index contributed by atoms with van der Waals surface area (Å²) in [7, 11) is -1.99. The Morgan fingerprint density at radius 3 is 2.57 bits per heavy atom. The van der Waals surface area contributed by atoms with Gasteiger partial charge in [0.25, 0.3) is 0 Å². The first-order chi connectivity index (χ1) is 14.4. The first-order valence-corrected chi connectivity index (χ1v) is 11.5. The molecule has 0 bridgehead atoms. The molecule has 0 aromatic heterocycles. The summed E-state index contributed by atoms with van der Waals surface area (Å²) in [4.78, 5) is 0.0982. The third-order valence-corrected chi connectivity index (χ3v) is 7.22. The molecular weight excluding hydrogens is 400 g/mol. The van der Waals surface area contributed by atoms with Crippen LogP contribution >= 0.6 is 0 Å². The van der Waals surface area contributed by atoms with Crippen LogP contribution < -0.4 is 10.1 Å². The fourth-order valence-corrected chi connectivity index (χ4v) is 5.24. The molecular formula is C23H28N2O4S. The lowest BCUT2D eigenvalue weighted by molar-refractivity contribution is 0.103. The van der Waals surface area contributed by atoms with E-state index in [0.29, 0.717) is 12.1 Å². The van der Waals surface area contributed by atoms with E-state index in [1.54, 1.807) is 25.1 Å². The molecule has 6 nitrogen and oxygen atoms in total. The van der Waals surface area contributed by atoms with Crippen molar-refractivity contribution in [3.05, 3.63) is 59.7 Å². The second-order valence-corrected chi connectivity index (χ2v) is 9.43. The Kier molecular flexibility index (Phi) is 7.16. The predicted octanol–water partition coefficient (Wildman–Crippen LogP) is 2.07. The molecule has 0 fully saturated rings. The Labute approximate surface area is 178 Å². The molecule has 2 aromatic carbocycles. The van der Waals surface area contributed by atoms with Gasteiger partial charge in [-0.2, -0.15) is 4.31 Å². The van der Waals surface area contributed by atoms with Crippen molar-refractivity contribution in [1.82, 2.24) is 9.62 Å². The number of ether oxygens (including phenoxy) is 1. The number of fused-ring (bicyclic) bond motifs is 1. The van der Waals surface area contributed by atoms with Crippen molar-refractivity contribution in [2.75, 3.05) is 26.7 Å². The molecule has 2 aromatic rings. The van der Waals surface area contributed by atoms with Crippen LogP contribution in [-0.2, 0) is 10.0 Å². The van der Waals surface area contributed by atoms with Crippen molar-refractivity contribution in [1.29, 1.82) is 0 Å². The van der Waals surface area contributed by atoms with Gasteiger partial charge in [-0.15, -0.1) is 0 Å². The third-order valence-electron chi connectivity index (χ3n) is 5.20. The topological polar surface area (TPSA) is 78.9 Å². The molecule has 0 amide bonds. The van der Waals surface area contributed by atoms with Crippen LogP contribution in [0.2, 0.25) is 0 Å². The molecule has 3 rings (SSSR count). The molecule has 1 aliphatic rings. The smallest absolute Gasteiger partial charge is 0.247 e. The average molecular weight is 429 g/mol. The number of aliphatic hydroxyl groups excluding tert-OH is 1. The third kappa shape index (κ3) is 4.85. The molecule has 1 heterocycles. The van der Waals surface area contributed by atoms with E-state index < -0.39 is 16.1 Å². The number of benzene rings is 2. The maximum Gasteiger partial charge on any atom is 0.247 e. The van der Waals surface area contributed by atoms with Gasteiger partial charge in [0.2, 0.25) is 10.0 Å². The maximum atomic E-state index is 13.4. The molecule has 7 heteroatoms. The summed E-state index contributed by atoms with van der Waals surface area (Å²) < 4.78 is 34.3. The minimum atomic E-state index is -3.83. The summed E-state index contributed by atoms with van der Waals surface area (Å²) in [6.07, 6.45) is -0.227. The van der Waals surface area contributed by atoms with Gasteiger partial charge >= 0.3 is 0 Å². The first kappa shape index (κ1) is 22.3. The molecule has 0 spiro atoms. The largest absolute Gasteiger partial charge is 0.487 e. The molecule has 0 saturated heterocycles. The minimum Gasteiger partial charge on any atom is -0.487 e. The van der Waals surface area contributed by atoms with Gasteiger partial charge in [0.15, 0.2) is 0 Å². The maximum absolute atomic E-state index is 13.4. The predicted molar refractivity (Wildman–Crippen MR) is 117 cm³/mol. The van der Waals surface area contributed by atoms with E-state index in [0.717, 1.165) is 5.56 Å². The van der Waals surface area contributed by atoms with Gasteiger partial charge in [-0.1, -0.05) is 37.0 Å². The lowest BCUT2D eigenvalue weighted by Gasteiger charge is -2.36. The summed E-state index contributed by atoms with van der Waals surface area (Å²) in [5, 5.41) is 12.8. The zero-order valence-electron chi connectivity index (χ0n) is 17.5. The van der Waals surface area contributed by atoms with Crippen molar-refractivity contribution in [2.24, 2.45) is 5.92 Å². The van der Waals surface area contributed by atoms with Gasteiger partial charge in [-0.25, -0.2) is 8.42 Å². The fraction of sp³-hybridized carbons (Fsp3) is 0.391. The lowest BCUT2D eigenvalue weighted by Crippen LogP contribution is -2.49. The number of nitrogens with one attached hydrogen (secondary N) is 1. The zero-order chi connectivity index (χ0) is 21.7. The molecule has 1 aliphatic heterocycles. The summed E-state index contributed by atoms with van der Waals surface area (Å²) in [6.45, 7) is 4.25. The summed E-state index contributed by atoms with van der Waals surface area (Å²) in [5.74, 6) is 6.38. The standard InChI is InChI=1S/C23H28N2O4S/c1-17-15-25(18(2)16-26)30(27,28)23-12-11-20(10-9-19-7-5-4-6-8-19)13-21(23)29-22(17)14-24-3/h4-8,11-13,17-18,22,24,26H,14-16H2,1-3H3/t17-,18-,22+/m1/s1. The number of nitrogens with zero attached hydrogens (tertiary/aromatic N) is 1. The Hall–Kier alpha value is -2.37. The van der Waals surface area contributed by atoms with Crippen LogP contribution in [0.1, 0.15) is 25.0 Å². The highest BCUT2D eigenvalue weighted by atomic mass is 32.2. The Morgan fingerprint density at radius 2 is 1.90 bits per heavy atom. The molecule has 160 valence electrons. The van der Waals surface area contributed by atoms with E-state index in [1.165, 1.54) is 4.31 Å². The second-order valence-electron chi connectivity index (χ2n) is 7.58. The van der Waals surface area contributed by atoms with Crippen molar-refractivity contribution in [3.63, 3.8) is 0 Å². The molecule has 30 heavy (non-hydrogen) atoms. The zero-order valence-corrected chi connectivity index (χ0v) is 18.3. The number of rotatable bonds is 4. The van der Waals surface area contributed by atoms with Crippen molar-refractivity contribution < 1.29 is 18.3 Å². The van der Waals surface area contributed by atoms with Gasteiger partial charge in [-0.3, -0.25) is 0 Å². The highest BCUT2D eigenvalue weighted by Crippen LogP contribution is 2.33. The van der Waals surface area contributed by atoms with Crippen LogP contribution in [0, 0.1) is 17.8 Å². The van der Waals surface area contributed by atoms with Crippen molar-refractivity contribution >= 4 is 10.0 Å². The van der Waals surface area contributed by atoms with E-state index >= 15 is 0 Å². The summed E-state index contributed by atoms with van der Waals surface area (Å²) in [6, 6.07) is 14.0. The molecule has 2 N–H and O–H groups in total. The van der Waals surface area contributed by atoms with Crippen LogP contribution in [-0.4, -0.2) is 56.7 Å². The SMILES string of the molecule is CNC[C@@H]1Oc2cc(C#Cc3ccccc3)ccc2S(=O)(=O)N([C@H](C)CO)C[C@H]1C. The van der Waals surface area contributed by atoms with Crippen LogP contribution in [0.25, 0.3) is 0 Å². The highest BCUT2D eigenvalue weighted by molar-refractivity contribution is 7.89. The molecule has 3 atom stereocenters. The number of sulfonamides is 1.